The fraction of sp³-hybridized carbons (Fsp3) is 0.385. The minimum atomic E-state index is -3.73. The maximum Gasteiger partial charge on any atom is 0.263 e. The first-order chi connectivity index (χ1) is 17.4. The molecule has 4 heterocycles. The number of hydrogen-bond donors (Lipinski definition) is 2. The molecule has 0 radical (unpaired) electrons. The van der Waals surface area contributed by atoms with E-state index in [1.165, 1.54) is 28.2 Å². The van der Waals surface area contributed by atoms with Gasteiger partial charge in [0.1, 0.15) is 6.04 Å². The van der Waals surface area contributed by atoms with Crippen LogP contribution in [0, 0.1) is 6.92 Å². The summed E-state index contributed by atoms with van der Waals surface area (Å²) in [5.41, 5.74) is 4.65. The lowest BCUT2D eigenvalue weighted by molar-refractivity contribution is -0.118. The molecule has 2 N–H and O–H groups in total. The maximum absolute atomic E-state index is 13.7. The molecule has 1 atom stereocenters. The minimum absolute atomic E-state index is 0. The normalized spacial score (nSPS) is 21.2. The minimum Gasteiger partial charge on any atom is -0.358 e. The molecule has 3 aromatic rings. The number of aromatic nitrogens is 1. The third-order valence-corrected chi connectivity index (χ3v) is 9.91. The van der Waals surface area contributed by atoms with E-state index in [1.807, 2.05) is 0 Å². The van der Waals surface area contributed by atoms with Crippen molar-refractivity contribution in [1.29, 1.82) is 0 Å². The summed E-state index contributed by atoms with van der Waals surface area (Å²) in [4.78, 5) is 21.9. The van der Waals surface area contributed by atoms with Gasteiger partial charge in [0.25, 0.3) is 10.0 Å². The van der Waals surface area contributed by atoms with Gasteiger partial charge >= 0.3 is 0 Å². The molecule has 0 bridgehead atoms. The number of benzene rings is 2. The van der Waals surface area contributed by atoms with Gasteiger partial charge in [-0.05, 0) is 75.2 Å². The van der Waals surface area contributed by atoms with E-state index in [1.54, 1.807) is 40.7 Å². The molecule has 192 valence electrons. The van der Waals surface area contributed by atoms with Gasteiger partial charge in [-0.25, -0.2) is 13.4 Å². The number of nitrogens with one attached hydrogen (secondary N) is 2. The molecule has 8 nitrogen and oxygen atoms in total. The van der Waals surface area contributed by atoms with Crippen LogP contribution in [0.3, 0.4) is 0 Å². The van der Waals surface area contributed by atoms with Crippen LogP contribution in [-0.4, -0.2) is 51.5 Å². The molecule has 2 aromatic carbocycles. The lowest BCUT2D eigenvalue weighted by Gasteiger charge is -2.36. The first-order valence-corrected chi connectivity index (χ1v) is 14.6. The Morgan fingerprint density at radius 2 is 1.94 bits per heavy atom. The van der Waals surface area contributed by atoms with E-state index in [4.69, 9.17) is 0 Å². The second-order valence-corrected chi connectivity index (χ2v) is 12.5. The molecule has 6 rings (SSSR count). The Labute approximate surface area is 218 Å². The zero-order valence-corrected chi connectivity index (χ0v) is 21.7. The molecular formula is C26H33N5O3S2. The number of thiazole rings is 1. The molecule has 36 heavy (non-hydrogen) atoms. The van der Waals surface area contributed by atoms with Crippen molar-refractivity contribution < 1.29 is 16.1 Å². The van der Waals surface area contributed by atoms with Crippen molar-refractivity contribution in [3.05, 3.63) is 65.2 Å². The van der Waals surface area contributed by atoms with Crippen molar-refractivity contribution in [3.63, 3.8) is 0 Å². The predicted octanol–water partition coefficient (Wildman–Crippen LogP) is 3.99. The van der Waals surface area contributed by atoms with E-state index in [9.17, 15) is 13.2 Å². The van der Waals surface area contributed by atoms with E-state index >= 15 is 0 Å². The molecule has 2 saturated heterocycles. The van der Waals surface area contributed by atoms with Gasteiger partial charge in [0, 0.05) is 44.3 Å². The summed E-state index contributed by atoms with van der Waals surface area (Å²) >= 11 is 1.22. The molecule has 1 amide bonds. The third kappa shape index (κ3) is 3.97. The van der Waals surface area contributed by atoms with Crippen molar-refractivity contribution in [2.24, 2.45) is 0 Å². The average Bonchev–Trinajstić information content (AvgIpc) is 3.59. The molecule has 1 aromatic heterocycles. The van der Waals surface area contributed by atoms with Crippen molar-refractivity contribution in [2.75, 3.05) is 40.7 Å². The monoisotopic (exact) mass is 527 g/mol. The fourth-order valence-electron chi connectivity index (χ4n) is 5.90. The van der Waals surface area contributed by atoms with Crippen LogP contribution in [0.15, 0.2) is 58.9 Å². The standard InChI is InChI=1S/C26H29N5O3S2.2H2/c1-18-2-7-22-21(16-18)26(9-11-27-12-10-26)17-31(22)23-8-14-30(24(23)32)19-3-5-20(6-4-19)36(33,34)29-25-28-13-15-35-25;;/h2-7,13,15-16,23,27H,8-12,14,17H2,1H3,(H,28,29);2*1H/t23-;;/m0../s1. The summed E-state index contributed by atoms with van der Waals surface area (Å²) in [5.74, 6) is 0.0732. The molecule has 1 spiro atoms. The Bertz CT molecular complexity index is 1390. The summed E-state index contributed by atoms with van der Waals surface area (Å²) in [6.07, 6.45) is 4.45. The van der Waals surface area contributed by atoms with Gasteiger partial charge in [0.2, 0.25) is 5.91 Å². The van der Waals surface area contributed by atoms with Gasteiger partial charge in [-0.2, -0.15) is 0 Å². The Balaban J connectivity index is 0.00000168. The summed E-state index contributed by atoms with van der Waals surface area (Å²) in [5, 5.41) is 5.52. The second kappa shape index (κ2) is 8.86. The Kier molecular flexibility index (Phi) is 5.77. The first-order valence-electron chi connectivity index (χ1n) is 12.3. The smallest absolute Gasteiger partial charge is 0.263 e. The van der Waals surface area contributed by atoms with Gasteiger partial charge in [0.05, 0.1) is 4.90 Å². The number of nitrogens with zero attached hydrogens (tertiary/aromatic N) is 3. The van der Waals surface area contributed by atoms with E-state index in [0.29, 0.717) is 11.7 Å². The second-order valence-electron chi connectivity index (χ2n) is 9.91. The number of piperidine rings is 1. The highest BCUT2D eigenvalue weighted by molar-refractivity contribution is 7.93. The number of fused-ring (bicyclic) bond motifs is 2. The third-order valence-electron chi connectivity index (χ3n) is 7.73. The van der Waals surface area contributed by atoms with Crippen LogP contribution in [0.25, 0.3) is 0 Å². The van der Waals surface area contributed by atoms with E-state index in [0.717, 1.165) is 44.6 Å². The summed E-state index contributed by atoms with van der Waals surface area (Å²) in [6.45, 7) is 5.62. The van der Waals surface area contributed by atoms with Crippen LogP contribution < -0.4 is 19.8 Å². The van der Waals surface area contributed by atoms with Crippen LogP contribution in [0.2, 0.25) is 0 Å². The largest absolute Gasteiger partial charge is 0.358 e. The van der Waals surface area contributed by atoms with Gasteiger partial charge in [-0.3, -0.25) is 9.52 Å². The SMILES string of the molecule is Cc1ccc2c(c1)C1(CCNCC1)CN2[C@H]1CCN(c2ccc(S(=O)(=O)Nc3nccs3)cc2)C1=O.[HH].[HH]. The van der Waals surface area contributed by atoms with Gasteiger partial charge in [-0.15, -0.1) is 11.3 Å². The van der Waals surface area contributed by atoms with E-state index in [-0.39, 0.29) is 25.1 Å². The Morgan fingerprint density at radius 1 is 1.17 bits per heavy atom. The number of sulfonamides is 1. The summed E-state index contributed by atoms with van der Waals surface area (Å²) in [7, 11) is -3.73. The molecule has 2 fully saturated rings. The zero-order chi connectivity index (χ0) is 24.9. The Hall–Kier alpha value is -2.95. The highest BCUT2D eigenvalue weighted by atomic mass is 32.2. The van der Waals surface area contributed by atoms with Crippen molar-refractivity contribution in [1.82, 2.24) is 10.3 Å². The van der Waals surface area contributed by atoms with Gasteiger partial charge < -0.3 is 15.1 Å². The van der Waals surface area contributed by atoms with Crippen LogP contribution in [-0.2, 0) is 20.2 Å². The van der Waals surface area contributed by atoms with E-state index in [2.05, 4.69) is 45.0 Å². The number of carbonyl (C=O) groups excluding carboxylic acids is 1. The topological polar surface area (TPSA) is 94.6 Å². The average molecular weight is 528 g/mol. The van der Waals surface area contributed by atoms with Gasteiger partial charge in [-0.1, -0.05) is 17.7 Å². The number of carbonyl (C=O) groups is 1. The number of hydrogen-bond acceptors (Lipinski definition) is 7. The van der Waals surface area contributed by atoms with Crippen molar-refractivity contribution in [3.8, 4) is 0 Å². The lowest BCUT2D eigenvalue weighted by atomic mass is 9.74. The van der Waals surface area contributed by atoms with Gasteiger partial charge in [0.15, 0.2) is 5.13 Å². The first kappa shape index (κ1) is 23.4. The quantitative estimate of drug-likeness (QED) is 0.521. The van der Waals surface area contributed by atoms with Crippen LogP contribution in [0.4, 0.5) is 16.5 Å². The number of anilines is 3. The maximum atomic E-state index is 13.7. The lowest BCUT2D eigenvalue weighted by Crippen LogP contribution is -2.47. The van der Waals surface area contributed by atoms with Crippen LogP contribution >= 0.6 is 11.3 Å². The fourth-order valence-corrected chi connectivity index (χ4v) is 7.68. The molecule has 0 unspecified atom stereocenters. The van der Waals surface area contributed by atoms with Crippen molar-refractivity contribution in [2.45, 2.75) is 42.5 Å². The number of aryl methyl sites for hydroxylation is 1. The molecule has 0 saturated carbocycles. The number of amides is 1. The molecule has 3 aliphatic heterocycles. The highest BCUT2D eigenvalue weighted by Gasteiger charge is 2.48. The zero-order valence-electron chi connectivity index (χ0n) is 20.1. The summed E-state index contributed by atoms with van der Waals surface area (Å²) < 4.78 is 27.8. The van der Waals surface area contributed by atoms with Crippen LogP contribution in [0.5, 0.6) is 0 Å². The van der Waals surface area contributed by atoms with E-state index < -0.39 is 10.0 Å². The molecule has 3 aliphatic rings. The van der Waals surface area contributed by atoms with Crippen molar-refractivity contribution >= 4 is 43.8 Å². The Morgan fingerprint density at radius 3 is 2.67 bits per heavy atom. The molecular weight excluding hydrogens is 494 g/mol. The highest BCUT2D eigenvalue weighted by Crippen LogP contribution is 2.48. The summed E-state index contributed by atoms with van der Waals surface area (Å²) in [6, 6.07) is 13.0. The predicted molar refractivity (Wildman–Crippen MR) is 147 cm³/mol. The van der Waals surface area contributed by atoms with Crippen LogP contribution in [0.1, 0.15) is 33.2 Å². The molecule has 0 aliphatic carbocycles. The number of rotatable bonds is 5. The molecule has 10 heteroatoms.